The van der Waals surface area contributed by atoms with Gasteiger partial charge in [-0.15, -0.1) is 10.2 Å². The van der Waals surface area contributed by atoms with Gasteiger partial charge < -0.3 is 9.73 Å². The zero-order valence-corrected chi connectivity index (χ0v) is 11.8. The maximum absolute atomic E-state index is 6.10. The van der Waals surface area contributed by atoms with Crippen LogP contribution < -0.4 is 5.32 Å². The third-order valence-electron chi connectivity index (χ3n) is 2.80. The number of aryl methyl sites for hydroxylation is 1. The lowest BCUT2D eigenvalue weighted by molar-refractivity contribution is 0.449. The van der Waals surface area contributed by atoms with Crippen molar-refractivity contribution in [1.82, 2.24) is 15.5 Å². The molecule has 1 aromatic carbocycles. The van der Waals surface area contributed by atoms with E-state index in [9.17, 15) is 0 Å². The summed E-state index contributed by atoms with van der Waals surface area (Å²) in [7, 11) is 0. The first kappa shape index (κ1) is 14.0. The minimum atomic E-state index is 0.583. The molecule has 0 radical (unpaired) electrons. The highest BCUT2D eigenvalue weighted by Crippen LogP contribution is 2.18. The molecular formula is C14H18ClN3O. The van der Waals surface area contributed by atoms with E-state index in [1.807, 2.05) is 24.3 Å². The first-order valence-electron chi connectivity index (χ1n) is 6.55. The van der Waals surface area contributed by atoms with Crippen LogP contribution in [0.25, 0.3) is 0 Å². The van der Waals surface area contributed by atoms with Crippen molar-refractivity contribution in [3.05, 3.63) is 46.6 Å². The van der Waals surface area contributed by atoms with Gasteiger partial charge >= 0.3 is 0 Å². The number of nitrogens with one attached hydrogen (secondary N) is 1. The number of nitrogens with zero attached hydrogens (tertiary/aromatic N) is 2. The summed E-state index contributed by atoms with van der Waals surface area (Å²) < 4.78 is 5.61. The van der Waals surface area contributed by atoms with Crippen LogP contribution in [0.3, 0.4) is 0 Å². The summed E-state index contributed by atoms with van der Waals surface area (Å²) >= 11 is 6.10. The first-order chi connectivity index (χ1) is 9.29. The summed E-state index contributed by atoms with van der Waals surface area (Å²) in [5, 5.41) is 12.1. The molecule has 0 aliphatic carbocycles. The monoisotopic (exact) mass is 279 g/mol. The lowest BCUT2D eigenvalue weighted by atomic mass is 10.1. The Morgan fingerprint density at radius 3 is 2.79 bits per heavy atom. The van der Waals surface area contributed by atoms with E-state index in [1.165, 1.54) is 0 Å². The Kier molecular flexibility index (Phi) is 5.36. The first-order valence-corrected chi connectivity index (χ1v) is 6.92. The van der Waals surface area contributed by atoms with Gasteiger partial charge in [0.25, 0.3) is 0 Å². The zero-order chi connectivity index (χ0) is 13.5. The molecule has 1 N–H and O–H groups in total. The van der Waals surface area contributed by atoms with Gasteiger partial charge in [0.2, 0.25) is 11.8 Å². The summed E-state index contributed by atoms with van der Waals surface area (Å²) in [6, 6.07) is 7.70. The molecule has 2 rings (SSSR count). The van der Waals surface area contributed by atoms with Gasteiger partial charge in [0.15, 0.2) is 0 Å². The maximum atomic E-state index is 6.10. The van der Waals surface area contributed by atoms with Crippen molar-refractivity contribution in [1.29, 1.82) is 0 Å². The van der Waals surface area contributed by atoms with E-state index in [2.05, 4.69) is 22.4 Å². The third kappa shape index (κ3) is 4.33. The van der Waals surface area contributed by atoms with Gasteiger partial charge in [0.05, 0.1) is 6.42 Å². The predicted molar refractivity (Wildman–Crippen MR) is 75.4 cm³/mol. The largest absolute Gasteiger partial charge is 0.425 e. The van der Waals surface area contributed by atoms with Crippen LogP contribution in [0.5, 0.6) is 0 Å². The Morgan fingerprint density at radius 2 is 2.00 bits per heavy atom. The van der Waals surface area contributed by atoms with Gasteiger partial charge in [0.1, 0.15) is 0 Å². The molecule has 0 aliphatic heterocycles. The fourth-order valence-electron chi connectivity index (χ4n) is 1.81. The molecule has 0 saturated carbocycles. The molecule has 0 saturated heterocycles. The van der Waals surface area contributed by atoms with Crippen LogP contribution in [0.2, 0.25) is 5.02 Å². The molecule has 0 unspecified atom stereocenters. The SMILES string of the molecule is CCNCCCc1nnc(Cc2ccccc2Cl)o1. The van der Waals surface area contributed by atoms with E-state index < -0.39 is 0 Å². The van der Waals surface area contributed by atoms with Crippen molar-refractivity contribution in [3.63, 3.8) is 0 Å². The molecule has 0 bridgehead atoms. The topological polar surface area (TPSA) is 51.0 Å². The molecular weight excluding hydrogens is 262 g/mol. The maximum Gasteiger partial charge on any atom is 0.220 e. The molecule has 0 aliphatic rings. The smallest absolute Gasteiger partial charge is 0.220 e. The standard InChI is InChI=1S/C14H18ClN3O/c1-2-16-9-5-8-13-17-18-14(19-13)10-11-6-3-4-7-12(11)15/h3-4,6-7,16H,2,5,8-10H2,1H3. The van der Waals surface area contributed by atoms with Crippen LogP contribution in [-0.4, -0.2) is 23.3 Å². The fraction of sp³-hybridized carbons (Fsp3) is 0.429. The number of hydrogen-bond donors (Lipinski definition) is 1. The van der Waals surface area contributed by atoms with Gasteiger partial charge in [-0.05, 0) is 31.1 Å². The Morgan fingerprint density at radius 1 is 1.21 bits per heavy atom. The highest BCUT2D eigenvalue weighted by atomic mass is 35.5. The van der Waals surface area contributed by atoms with Crippen molar-refractivity contribution in [3.8, 4) is 0 Å². The third-order valence-corrected chi connectivity index (χ3v) is 3.17. The molecule has 0 amide bonds. The number of halogens is 1. The molecule has 0 atom stereocenters. The summed E-state index contributed by atoms with van der Waals surface area (Å²) in [6.45, 7) is 4.05. The molecule has 1 aromatic heterocycles. The second kappa shape index (κ2) is 7.26. The van der Waals surface area contributed by atoms with E-state index >= 15 is 0 Å². The second-order valence-electron chi connectivity index (χ2n) is 4.31. The van der Waals surface area contributed by atoms with Crippen LogP contribution in [-0.2, 0) is 12.8 Å². The predicted octanol–water partition coefficient (Wildman–Crippen LogP) is 2.86. The van der Waals surface area contributed by atoms with Crippen LogP contribution in [0.1, 0.15) is 30.7 Å². The molecule has 4 nitrogen and oxygen atoms in total. The summed E-state index contributed by atoms with van der Waals surface area (Å²) in [5.74, 6) is 1.31. The average molecular weight is 280 g/mol. The number of rotatable bonds is 7. The van der Waals surface area contributed by atoms with Crippen molar-refractivity contribution in [2.24, 2.45) is 0 Å². The lowest BCUT2D eigenvalue weighted by Crippen LogP contribution is -2.14. The normalized spacial score (nSPS) is 10.8. The fourth-order valence-corrected chi connectivity index (χ4v) is 2.01. The summed E-state index contributed by atoms with van der Waals surface area (Å²) in [5.41, 5.74) is 1.01. The van der Waals surface area contributed by atoms with Crippen LogP contribution in [0, 0.1) is 0 Å². The zero-order valence-electron chi connectivity index (χ0n) is 11.0. The van der Waals surface area contributed by atoms with Crippen LogP contribution in [0.4, 0.5) is 0 Å². The molecule has 0 spiro atoms. The molecule has 2 aromatic rings. The Labute approximate surface area is 118 Å². The average Bonchev–Trinajstić information content (AvgIpc) is 2.85. The summed E-state index contributed by atoms with van der Waals surface area (Å²) in [4.78, 5) is 0. The highest BCUT2D eigenvalue weighted by molar-refractivity contribution is 6.31. The van der Waals surface area contributed by atoms with Gasteiger partial charge in [0, 0.05) is 11.4 Å². The van der Waals surface area contributed by atoms with Gasteiger partial charge in [-0.1, -0.05) is 36.7 Å². The molecule has 5 heteroatoms. The Hall–Kier alpha value is -1.39. The van der Waals surface area contributed by atoms with E-state index in [1.54, 1.807) is 0 Å². The Balaban J connectivity index is 1.89. The van der Waals surface area contributed by atoms with Gasteiger partial charge in [-0.25, -0.2) is 0 Å². The number of benzene rings is 1. The van der Waals surface area contributed by atoms with E-state index in [4.69, 9.17) is 16.0 Å². The molecule has 1 heterocycles. The van der Waals surface area contributed by atoms with Crippen molar-refractivity contribution in [2.75, 3.05) is 13.1 Å². The Bertz CT molecular complexity index is 513. The van der Waals surface area contributed by atoms with E-state index in [-0.39, 0.29) is 0 Å². The second-order valence-corrected chi connectivity index (χ2v) is 4.72. The minimum Gasteiger partial charge on any atom is -0.425 e. The molecule has 0 fully saturated rings. The van der Waals surface area contributed by atoms with Gasteiger partial charge in [-0.2, -0.15) is 0 Å². The van der Waals surface area contributed by atoms with Crippen molar-refractivity contribution >= 4 is 11.6 Å². The van der Waals surface area contributed by atoms with E-state index in [0.29, 0.717) is 18.2 Å². The minimum absolute atomic E-state index is 0.583. The quantitative estimate of drug-likeness (QED) is 0.792. The number of aromatic nitrogens is 2. The van der Waals surface area contributed by atoms with E-state index in [0.717, 1.165) is 36.5 Å². The van der Waals surface area contributed by atoms with Crippen molar-refractivity contribution in [2.45, 2.75) is 26.2 Å². The molecule has 19 heavy (non-hydrogen) atoms. The van der Waals surface area contributed by atoms with Crippen LogP contribution >= 0.6 is 11.6 Å². The van der Waals surface area contributed by atoms with Crippen molar-refractivity contribution < 1.29 is 4.42 Å². The van der Waals surface area contributed by atoms with Gasteiger partial charge in [-0.3, -0.25) is 0 Å². The summed E-state index contributed by atoms with van der Waals surface area (Å²) in [6.07, 6.45) is 2.39. The van der Waals surface area contributed by atoms with Crippen LogP contribution in [0.15, 0.2) is 28.7 Å². The number of hydrogen-bond acceptors (Lipinski definition) is 4. The molecule has 102 valence electrons. The highest BCUT2D eigenvalue weighted by Gasteiger charge is 2.08. The lowest BCUT2D eigenvalue weighted by Gasteiger charge is -1.99.